The smallest absolute Gasteiger partial charge is 0.303 e. The van der Waals surface area contributed by atoms with Gasteiger partial charge in [0.05, 0.1) is 0 Å². The van der Waals surface area contributed by atoms with Gasteiger partial charge in [0.2, 0.25) is 0 Å². The summed E-state index contributed by atoms with van der Waals surface area (Å²) in [6.07, 6.45) is 1.79. The number of rotatable bonds is 5. The highest BCUT2D eigenvalue weighted by molar-refractivity contribution is 9.10. The minimum Gasteiger partial charge on any atom is -0.481 e. The van der Waals surface area contributed by atoms with Gasteiger partial charge in [-0.05, 0) is 49.2 Å². The van der Waals surface area contributed by atoms with Crippen molar-refractivity contribution in [3.8, 4) is 0 Å². The average Bonchev–Trinajstić information content (AvgIpc) is 2.76. The minimum atomic E-state index is -0.727. The first-order valence-corrected chi connectivity index (χ1v) is 8.73. The zero-order valence-electron chi connectivity index (χ0n) is 11.9. The number of aromatic nitrogens is 1. The highest BCUT2D eigenvalue weighted by atomic mass is 79.9. The molecule has 5 heteroatoms. The minimum absolute atomic E-state index is 0.230. The van der Waals surface area contributed by atoms with Crippen LogP contribution in [-0.4, -0.2) is 15.6 Å². The van der Waals surface area contributed by atoms with Crippen LogP contribution in [0.4, 0.5) is 0 Å². The van der Waals surface area contributed by atoms with Crippen molar-refractivity contribution < 1.29 is 9.90 Å². The molecule has 0 aliphatic rings. The molecule has 3 aromatic rings. The molecule has 0 unspecified atom stereocenters. The molecule has 2 aromatic carbocycles. The predicted molar refractivity (Wildman–Crippen MR) is 96.3 cm³/mol. The van der Waals surface area contributed by atoms with Crippen molar-refractivity contribution in [1.82, 2.24) is 4.57 Å². The predicted octanol–water partition coefficient (Wildman–Crippen LogP) is 5.57. The fraction of sp³-hybridized carbons (Fsp3) is 0.235. The Morgan fingerprint density at radius 1 is 0.955 bits per heavy atom. The second-order valence-electron chi connectivity index (χ2n) is 5.33. The molecular formula is C17H15Br2NO2. The van der Waals surface area contributed by atoms with Crippen LogP contribution in [0.2, 0.25) is 0 Å². The van der Waals surface area contributed by atoms with E-state index in [1.165, 1.54) is 21.8 Å². The maximum absolute atomic E-state index is 10.6. The molecular weight excluding hydrogens is 410 g/mol. The number of aryl methyl sites for hydroxylation is 1. The van der Waals surface area contributed by atoms with Crippen LogP contribution in [0.5, 0.6) is 0 Å². The summed E-state index contributed by atoms with van der Waals surface area (Å²) < 4.78 is 4.40. The van der Waals surface area contributed by atoms with E-state index in [2.05, 4.69) is 60.7 Å². The van der Waals surface area contributed by atoms with Crippen LogP contribution >= 0.6 is 31.9 Å². The summed E-state index contributed by atoms with van der Waals surface area (Å²) >= 11 is 7.08. The van der Waals surface area contributed by atoms with Gasteiger partial charge in [-0.2, -0.15) is 0 Å². The standard InChI is InChI=1S/C17H15Br2NO2/c18-11-4-6-15-13(9-11)14-10-12(19)5-7-16(14)20(15)8-2-1-3-17(21)22/h4-7,9-10H,1-3,8H2,(H,21,22). The molecule has 0 fully saturated rings. The molecule has 0 bridgehead atoms. The summed E-state index contributed by atoms with van der Waals surface area (Å²) in [4.78, 5) is 10.6. The molecule has 0 aliphatic carbocycles. The Balaban J connectivity index is 2.04. The Hall–Kier alpha value is -1.33. The molecule has 1 heterocycles. The van der Waals surface area contributed by atoms with Crippen molar-refractivity contribution in [2.75, 3.05) is 0 Å². The summed E-state index contributed by atoms with van der Waals surface area (Å²) in [5.74, 6) is -0.727. The molecule has 1 aromatic heterocycles. The van der Waals surface area contributed by atoms with Gasteiger partial charge in [0, 0.05) is 43.7 Å². The second kappa shape index (κ2) is 6.42. The van der Waals surface area contributed by atoms with Gasteiger partial charge in [0.25, 0.3) is 0 Å². The van der Waals surface area contributed by atoms with E-state index in [1.807, 2.05) is 12.1 Å². The molecule has 22 heavy (non-hydrogen) atoms. The second-order valence-corrected chi connectivity index (χ2v) is 7.16. The summed E-state index contributed by atoms with van der Waals surface area (Å²) in [7, 11) is 0. The molecule has 0 atom stereocenters. The Labute approximate surface area is 145 Å². The van der Waals surface area contributed by atoms with E-state index in [-0.39, 0.29) is 6.42 Å². The number of nitrogens with zero attached hydrogens (tertiary/aromatic N) is 1. The van der Waals surface area contributed by atoms with Crippen LogP contribution in [-0.2, 0) is 11.3 Å². The van der Waals surface area contributed by atoms with Gasteiger partial charge in [-0.15, -0.1) is 0 Å². The molecule has 0 saturated heterocycles. The molecule has 114 valence electrons. The summed E-state index contributed by atoms with van der Waals surface area (Å²) in [5, 5.41) is 11.2. The number of benzene rings is 2. The van der Waals surface area contributed by atoms with Crippen molar-refractivity contribution in [2.45, 2.75) is 25.8 Å². The van der Waals surface area contributed by atoms with Crippen molar-refractivity contribution in [3.63, 3.8) is 0 Å². The third kappa shape index (κ3) is 3.06. The van der Waals surface area contributed by atoms with Gasteiger partial charge in [0.15, 0.2) is 0 Å². The maximum atomic E-state index is 10.6. The van der Waals surface area contributed by atoms with Gasteiger partial charge >= 0.3 is 5.97 Å². The summed E-state index contributed by atoms with van der Waals surface area (Å²) in [6, 6.07) is 12.6. The van der Waals surface area contributed by atoms with Crippen molar-refractivity contribution >= 4 is 59.6 Å². The Kier molecular flexibility index (Phi) is 4.54. The highest BCUT2D eigenvalue weighted by Gasteiger charge is 2.11. The van der Waals surface area contributed by atoms with E-state index in [9.17, 15) is 4.79 Å². The van der Waals surface area contributed by atoms with Crippen LogP contribution in [0.3, 0.4) is 0 Å². The van der Waals surface area contributed by atoms with E-state index < -0.39 is 5.97 Å². The molecule has 3 rings (SSSR count). The molecule has 1 N–H and O–H groups in total. The van der Waals surface area contributed by atoms with Crippen LogP contribution in [0.15, 0.2) is 45.3 Å². The maximum Gasteiger partial charge on any atom is 0.303 e. The molecule has 0 amide bonds. The number of fused-ring (bicyclic) bond motifs is 3. The quantitative estimate of drug-likeness (QED) is 0.543. The number of hydrogen-bond acceptors (Lipinski definition) is 1. The fourth-order valence-corrected chi connectivity index (χ4v) is 3.56. The van der Waals surface area contributed by atoms with E-state index >= 15 is 0 Å². The molecule has 0 aliphatic heterocycles. The van der Waals surface area contributed by atoms with Crippen LogP contribution in [0, 0.1) is 0 Å². The van der Waals surface area contributed by atoms with Crippen molar-refractivity contribution in [2.24, 2.45) is 0 Å². The zero-order valence-corrected chi connectivity index (χ0v) is 15.0. The van der Waals surface area contributed by atoms with Gasteiger partial charge in [-0.1, -0.05) is 31.9 Å². The molecule has 0 radical (unpaired) electrons. The lowest BCUT2D eigenvalue weighted by Gasteiger charge is -2.07. The van der Waals surface area contributed by atoms with Gasteiger partial charge in [0.1, 0.15) is 0 Å². The molecule has 3 nitrogen and oxygen atoms in total. The summed E-state index contributed by atoms with van der Waals surface area (Å²) in [5.41, 5.74) is 2.37. The van der Waals surface area contributed by atoms with E-state index in [0.717, 1.165) is 21.9 Å². The molecule has 0 saturated carbocycles. The van der Waals surface area contributed by atoms with Crippen molar-refractivity contribution in [1.29, 1.82) is 0 Å². The first-order valence-electron chi connectivity index (χ1n) is 7.15. The van der Waals surface area contributed by atoms with Gasteiger partial charge < -0.3 is 9.67 Å². The van der Waals surface area contributed by atoms with Crippen LogP contribution in [0.25, 0.3) is 21.8 Å². The Morgan fingerprint density at radius 3 is 2.00 bits per heavy atom. The SMILES string of the molecule is O=C(O)CCCCn1c2ccc(Br)cc2c2cc(Br)ccc21. The lowest BCUT2D eigenvalue weighted by atomic mass is 10.2. The van der Waals surface area contributed by atoms with Crippen LogP contribution in [0.1, 0.15) is 19.3 Å². The lowest BCUT2D eigenvalue weighted by Crippen LogP contribution is -2.00. The van der Waals surface area contributed by atoms with E-state index in [4.69, 9.17) is 5.11 Å². The largest absolute Gasteiger partial charge is 0.481 e. The topological polar surface area (TPSA) is 42.2 Å². The Bertz CT molecular complexity index is 795. The number of aliphatic carboxylic acids is 1. The van der Waals surface area contributed by atoms with Gasteiger partial charge in [-0.3, -0.25) is 4.79 Å². The highest BCUT2D eigenvalue weighted by Crippen LogP contribution is 2.33. The fourth-order valence-electron chi connectivity index (χ4n) is 2.84. The third-order valence-electron chi connectivity index (χ3n) is 3.81. The normalized spacial score (nSPS) is 11.4. The Morgan fingerprint density at radius 2 is 1.50 bits per heavy atom. The number of carboxylic acids is 1. The summed E-state index contributed by atoms with van der Waals surface area (Å²) in [6.45, 7) is 0.830. The average molecular weight is 425 g/mol. The third-order valence-corrected chi connectivity index (χ3v) is 4.80. The first kappa shape index (κ1) is 15.6. The number of hydrogen-bond donors (Lipinski definition) is 1. The zero-order chi connectivity index (χ0) is 15.7. The van der Waals surface area contributed by atoms with Crippen molar-refractivity contribution in [3.05, 3.63) is 45.3 Å². The van der Waals surface area contributed by atoms with E-state index in [0.29, 0.717) is 6.42 Å². The number of carbonyl (C=O) groups is 1. The molecule has 0 spiro atoms. The first-order chi connectivity index (χ1) is 10.6. The number of halogens is 2. The van der Waals surface area contributed by atoms with E-state index in [1.54, 1.807) is 0 Å². The lowest BCUT2D eigenvalue weighted by molar-refractivity contribution is -0.137. The number of carboxylic acid groups (broad SMARTS) is 1. The number of unbranched alkanes of at least 4 members (excludes halogenated alkanes) is 1. The monoisotopic (exact) mass is 423 g/mol. The van der Waals surface area contributed by atoms with Crippen LogP contribution < -0.4 is 0 Å². The van der Waals surface area contributed by atoms with Gasteiger partial charge in [-0.25, -0.2) is 0 Å².